The zero-order chi connectivity index (χ0) is 16.6. The monoisotopic (exact) mass is 328 g/mol. The maximum Gasteiger partial charge on any atom is 0.267 e. The molecule has 23 heavy (non-hydrogen) atoms. The van der Waals surface area contributed by atoms with Gasteiger partial charge in [-0.25, -0.2) is 4.98 Å². The average Bonchev–Trinajstić information content (AvgIpc) is 2.83. The molecule has 3 aromatic rings. The molecule has 0 saturated carbocycles. The number of nitrogens with two attached hydrogens (primary N) is 1. The molecule has 1 atom stereocenters. The quantitative estimate of drug-likeness (QED) is 0.686. The standard InChI is InChI=1S/C16H16N4O2S/c1-8-11(9(2)21)7-12-13(17)14(23-16(12)19-8)15(22)20-10-3-5-18-6-4-10/h3-7,9,21H,17H2,1-2H3,(H,18,20,22). The number of hydrogen-bond acceptors (Lipinski definition) is 6. The Morgan fingerprint density at radius 3 is 2.74 bits per heavy atom. The summed E-state index contributed by atoms with van der Waals surface area (Å²) < 4.78 is 0. The van der Waals surface area contributed by atoms with Crippen LogP contribution in [0.5, 0.6) is 0 Å². The molecule has 3 rings (SSSR count). The number of nitrogens with one attached hydrogen (secondary N) is 1. The van der Waals surface area contributed by atoms with Crippen molar-refractivity contribution in [2.24, 2.45) is 0 Å². The van der Waals surface area contributed by atoms with Crippen LogP contribution in [0.1, 0.15) is 34.0 Å². The van der Waals surface area contributed by atoms with Crippen LogP contribution in [0, 0.1) is 6.92 Å². The Balaban J connectivity index is 2.02. The second-order valence-electron chi connectivity index (χ2n) is 5.23. The number of carbonyl (C=O) groups excluding carboxylic acids is 1. The first-order valence-corrected chi connectivity index (χ1v) is 7.88. The predicted octanol–water partition coefficient (Wildman–Crippen LogP) is 2.89. The number of aliphatic hydroxyl groups excluding tert-OH is 1. The smallest absolute Gasteiger partial charge is 0.267 e. The van der Waals surface area contributed by atoms with Crippen LogP contribution in [-0.4, -0.2) is 21.0 Å². The van der Waals surface area contributed by atoms with Crippen molar-refractivity contribution in [2.75, 3.05) is 11.1 Å². The van der Waals surface area contributed by atoms with Gasteiger partial charge in [0.1, 0.15) is 9.71 Å². The van der Waals surface area contributed by atoms with Gasteiger partial charge in [0.25, 0.3) is 5.91 Å². The number of hydrogen-bond donors (Lipinski definition) is 3. The Morgan fingerprint density at radius 1 is 1.39 bits per heavy atom. The number of nitrogens with zero attached hydrogens (tertiary/aromatic N) is 2. The number of carbonyl (C=O) groups is 1. The Morgan fingerprint density at radius 2 is 2.09 bits per heavy atom. The number of fused-ring (bicyclic) bond motifs is 1. The third-order valence-electron chi connectivity index (χ3n) is 3.55. The van der Waals surface area contributed by atoms with Gasteiger partial charge in [-0.2, -0.15) is 0 Å². The number of amides is 1. The van der Waals surface area contributed by atoms with Gasteiger partial charge < -0.3 is 16.2 Å². The summed E-state index contributed by atoms with van der Waals surface area (Å²) in [5.74, 6) is -0.284. The molecule has 0 bridgehead atoms. The highest BCUT2D eigenvalue weighted by atomic mass is 32.1. The molecule has 0 radical (unpaired) electrons. The normalized spacial score (nSPS) is 12.3. The van der Waals surface area contributed by atoms with E-state index in [9.17, 15) is 9.90 Å². The van der Waals surface area contributed by atoms with Crippen LogP contribution in [0.4, 0.5) is 11.4 Å². The van der Waals surface area contributed by atoms with Crippen LogP contribution in [-0.2, 0) is 0 Å². The summed E-state index contributed by atoms with van der Waals surface area (Å²) in [6.45, 7) is 3.50. The molecule has 0 fully saturated rings. The lowest BCUT2D eigenvalue weighted by Gasteiger charge is -2.08. The van der Waals surface area contributed by atoms with E-state index in [1.807, 2.05) is 6.92 Å². The van der Waals surface area contributed by atoms with Gasteiger partial charge in [0, 0.05) is 34.7 Å². The van der Waals surface area contributed by atoms with Gasteiger partial charge >= 0.3 is 0 Å². The number of rotatable bonds is 3. The highest BCUT2D eigenvalue weighted by Crippen LogP contribution is 2.35. The first-order chi connectivity index (χ1) is 11.0. The Bertz CT molecular complexity index is 875. The van der Waals surface area contributed by atoms with Crippen molar-refractivity contribution in [1.29, 1.82) is 0 Å². The minimum absolute atomic E-state index is 0.284. The third-order valence-corrected chi connectivity index (χ3v) is 4.66. The van der Waals surface area contributed by atoms with Crippen molar-refractivity contribution in [2.45, 2.75) is 20.0 Å². The topological polar surface area (TPSA) is 101 Å². The molecule has 3 heterocycles. The summed E-state index contributed by atoms with van der Waals surface area (Å²) in [6.07, 6.45) is 2.56. The van der Waals surface area contributed by atoms with Crippen molar-refractivity contribution < 1.29 is 9.90 Å². The summed E-state index contributed by atoms with van der Waals surface area (Å²) in [6, 6.07) is 5.21. The van der Waals surface area contributed by atoms with Crippen LogP contribution >= 0.6 is 11.3 Å². The van der Waals surface area contributed by atoms with Gasteiger partial charge in [0.2, 0.25) is 0 Å². The molecule has 6 nitrogen and oxygen atoms in total. The number of aliphatic hydroxyl groups is 1. The summed E-state index contributed by atoms with van der Waals surface area (Å²) in [7, 11) is 0. The molecule has 0 saturated heterocycles. The number of pyridine rings is 2. The maximum absolute atomic E-state index is 12.4. The largest absolute Gasteiger partial charge is 0.397 e. The zero-order valence-corrected chi connectivity index (χ0v) is 13.5. The molecule has 0 aliphatic heterocycles. The van der Waals surface area contributed by atoms with Crippen LogP contribution in [0.3, 0.4) is 0 Å². The molecule has 0 aliphatic carbocycles. The average molecular weight is 328 g/mol. The first-order valence-electron chi connectivity index (χ1n) is 7.06. The fourth-order valence-electron chi connectivity index (χ4n) is 2.36. The summed E-state index contributed by atoms with van der Waals surface area (Å²) in [5, 5.41) is 13.3. The van der Waals surface area contributed by atoms with E-state index >= 15 is 0 Å². The minimum atomic E-state index is -0.639. The summed E-state index contributed by atoms with van der Waals surface area (Å²) in [4.78, 5) is 21.9. The molecule has 4 N–H and O–H groups in total. The molecule has 1 unspecified atom stereocenters. The van der Waals surface area contributed by atoms with E-state index in [1.165, 1.54) is 11.3 Å². The van der Waals surface area contributed by atoms with E-state index < -0.39 is 6.10 Å². The molecule has 7 heteroatoms. The maximum atomic E-state index is 12.4. The van der Waals surface area contributed by atoms with Crippen LogP contribution in [0.2, 0.25) is 0 Å². The number of aromatic nitrogens is 2. The van der Waals surface area contributed by atoms with E-state index in [4.69, 9.17) is 5.73 Å². The highest BCUT2D eigenvalue weighted by molar-refractivity contribution is 7.21. The van der Waals surface area contributed by atoms with Crippen molar-refractivity contribution in [3.63, 3.8) is 0 Å². The Kier molecular flexibility index (Phi) is 3.97. The number of thiophene rings is 1. The predicted molar refractivity (Wildman–Crippen MR) is 91.6 cm³/mol. The van der Waals surface area contributed by atoms with Crippen molar-refractivity contribution in [3.05, 3.63) is 46.7 Å². The van der Waals surface area contributed by atoms with Gasteiger partial charge in [-0.15, -0.1) is 11.3 Å². The Labute approximate surface area is 137 Å². The van der Waals surface area contributed by atoms with Crippen molar-refractivity contribution in [1.82, 2.24) is 9.97 Å². The number of nitrogen functional groups attached to an aromatic ring is 1. The lowest BCUT2D eigenvalue weighted by molar-refractivity contribution is 0.103. The van der Waals surface area contributed by atoms with E-state index in [0.717, 1.165) is 5.69 Å². The summed E-state index contributed by atoms with van der Waals surface area (Å²) >= 11 is 1.24. The fourth-order valence-corrected chi connectivity index (χ4v) is 3.38. The first kappa shape index (κ1) is 15.4. The SMILES string of the molecule is Cc1nc2sc(C(=O)Nc3ccncc3)c(N)c2cc1C(C)O. The van der Waals surface area contributed by atoms with Gasteiger partial charge in [0.15, 0.2) is 0 Å². The fraction of sp³-hybridized carbons (Fsp3) is 0.188. The van der Waals surface area contributed by atoms with Gasteiger partial charge in [0.05, 0.1) is 11.8 Å². The van der Waals surface area contributed by atoms with Gasteiger partial charge in [-0.05, 0) is 32.0 Å². The van der Waals surface area contributed by atoms with Gasteiger partial charge in [-0.1, -0.05) is 0 Å². The second kappa shape index (κ2) is 5.94. The molecular formula is C16H16N4O2S. The highest BCUT2D eigenvalue weighted by Gasteiger charge is 2.19. The van der Waals surface area contributed by atoms with E-state index in [2.05, 4.69) is 15.3 Å². The van der Waals surface area contributed by atoms with E-state index in [1.54, 1.807) is 37.5 Å². The van der Waals surface area contributed by atoms with Crippen LogP contribution < -0.4 is 11.1 Å². The van der Waals surface area contributed by atoms with E-state index in [-0.39, 0.29) is 5.91 Å². The van der Waals surface area contributed by atoms with E-state index in [0.29, 0.717) is 32.0 Å². The zero-order valence-electron chi connectivity index (χ0n) is 12.7. The van der Waals surface area contributed by atoms with Crippen LogP contribution in [0.15, 0.2) is 30.6 Å². The molecule has 118 valence electrons. The van der Waals surface area contributed by atoms with Gasteiger partial charge in [-0.3, -0.25) is 9.78 Å². The lowest BCUT2D eigenvalue weighted by Crippen LogP contribution is -2.11. The second-order valence-corrected chi connectivity index (χ2v) is 6.23. The van der Waals surface area contributed by atoms with Crippen molar-refractivity contribution >= 4 is 38.8 Å². The van der Waals surface area contributed by atoms with Crippen molar-refractivity contribution in [3.8, 4) is 0 Å². The minimum Gasteiger partial charge on any atom is -0.397 e. The molecule has 0 aliphatic rings. The molecule has 0 spiro atoms. The third kappa shape index (κ3) is 2.88. The molecule has 1 amide bonds. The lowest BCUT2D eigenvalue weighted by atomic mass is 10.1. The number of aryl methyl sites for hydroxylation is 1. The molecular weight excluding hydrogens is 312 g/mol. The molecule has 3 aromatic heterocycles. The number of anilines is 2. The molecule has 0 aromatic carbocycles. The summed E-state index contributed by atoms with van der Waals surface area (Å²) in [5.41, 5.74) is 8.60. The Hall–Kier alpha value is -2.51. The van der Waals surface area contributed by atoms with Crippen LogP contribution in [0.25, 0.3) is 10.2 Å².